The predicted octanol–water partition coefficient (Wildman–Crippen LogP) is 4.38. The Morgan fingerprint density at radius 3 is 2.52 bits per heavy atom. The van der Waals surface area contributed by atoms with E-state index >= 15 is 0 Å². The van der Waals surface area contributed by atoms with Gasteiger partial charge in [-0.1, -0.05) is 29.8 Å². The van der Waals surface area contributed by atoms with Gasteiger partial charge < -0.3 is 9.84 Å². The third-order valence-electron chi connectivity index (χ3n) is 2.95. The van der Waals surface area contributed by atoms with E-state index in [4.69, 9.17) is 21.4 Å². The maximum Gasteiger partial charge on any atom is 0.354 e. The molecule has 21 heavy (non-hydrogen) atoms. The van der Waals surface area contributed by atoms with Crippen molar-refractivity contribution >= 4 is 28.3 Å². The molecule has 0 bridgehead atoms. The molecule has 1 N–H and O–H groups in total. The lowest BCUT2D eigenvalue weighted by Gasteiger charge is -2.09. The van der Waals surface area contributed by atoms with Crippen molar-refractivity contribution in [1.29, 1.82) is 0 Å². The second-order valence-corrected chi connectivity index (χ2v) is 4.83. The quantitative estimate of drug-likeness (QED) is 0.779. The number of benzene rings is 2. The molecule has 4 nitrogen and oxygen atoms in total. The van der Waals surface area contributed by atoms with Crippen LogP contribution in [0.2, 0.25) is 5.02 Å². The fraction of sp³-hybridized carbons (Fsp3) is 0. The fourth-order valence-corrected chi connectivity index (χ4v) is 2.09. The van der Waals surface area contributed by atoms with Crippen LogP contribution in [-0.4, -0.2) is 16.1 Å². The van der Waals surface area contributed by atoms with E-state index in [1.165, 1.54) is 6.07 Å². The molecule has 3 rings (SSSR count). The van der Waals surface area contributed by atoms with E-state index in [1.54, 1.807) is 24.3 Å². The molecule has 5 heteroatoms. The number of hydrogen-bond donors (Lipinski definition) is 1. The summed E-state index contributed by atoms with van der Waals surface area (Å²) in [5.41, 5.74) is -0.0577. The number of halogens is 1. The van der Waals surface area contributed by atoms with E-state index < -0.39 is 5.97 Å². The average molecular weight is 300 g/mol. The van der Waals surface area contributed by atoms with Gasteiger partial charge in [0.15, 0.2) is 5.69 Å². The minimum Gasteiger partial charge on any atom is -0.477 e. The van der Waals surface area contributed by atoms with Crippen molar-refractivity contribution in [1.82, 2.24) is 4.98 Å². The number of carboxylic acid groups (broad SMARTS) is 1. The lowest BCUT2D eigenvalue weighted by atomic mass is 10.1. The number of carboxylic acids is 1. The van der Waals surface area contributed by atoms with Crippen LogP contribution in [0.3, 0.4) is 0 Å². The summed E-state index contributed by atoms with van der Waals surface area (Å²) in [7, 11) is 0. The van der Waals surface area contributed by atoms with E-state index in [2.05, 4.69) is 4.98 Å². The number of aromatic nitrogens is 1. The molecule has 104 valence electrons. The van der Waals surface area contributed by atoms with Crippen LogP contribution in [-0.2, 0) is 0 Å². The van der Waals surface area contributed by atoms with Crippen molar-refractivity contribution in [2.24, 2.45) is 0 Å². The summed E-state index contributed by atoms with van der Waals surface area (Å²) in [5, 5.41) is 11.2. The second-order valence-electron chi connectivity index (χ2n) is 4.39. The molecule has 0 spiro atoms. The van der Waals surface area contributed by atoms with Gasteiger partial charge in [-0.25, -0.2) is 9.78 Å². The fourth-order valence-electron chi connectivity index (χ4n) is 1.97. The van der Waals surface area contributed by atoms with Gasteiger partial charge in [-0.15, -0.1) is 0 Å². The topological polar surface area (TPSA) is 59.4 Å². The molecule has 2 aromatic carbocycles. The van der Waals surface area contributed by atoms with Gasteiger partial charge in [0.2, 0.25) is 5.88 Å². The van der Waals surface area contributed by atoms with Crippen molar-refractivity contribution in [3.8, 4) is 11.6 Å². The zero-order valence-electron chi connectivity index (χ0n) is 10.8. The smallest absolute Gasteiger partial charge is 0.354 e. The largest absolute Gasteiger partial charge is 0.477 e. The van der Waals surface area contributed by atoms with E-state index in [1.807, 2.05) is 24.3 Å². The molecule has 0 saturated carbocycles. The number of pyridine rings is 1. The van der Waals surface area contributed by atoms with Crippen molar-refractivity contribution < 1.29 is 14.6 Å². The Balaban J connectivity index is 2.11. The van der Waals surface area contributed by atoms with Gasteiger partial charge in [-0.05, 0) is 41.8 Å². The monoisotopic (exact) mass is 299 g/mol. The maximum absolute atomic E-state index is 11.2. The number of carbonyl (C=O) groups is 1. The van der Waals surface area contributed by atoms with Crippen LogP contribution < -0.4 is 4.74 Å². The van der Waals surface area contributed by atoms with Gasteiger partial charge in [0.25, 0.3) is 0 Å². The van der Waals surface area contributed by atoms with E-state index in [0.717, 1.165) is 10.8 Å². The van der Waals surface area contributed by atoms with Crippen LogP contribution in [0.1, 0.15) is 10.5 Å². The highest BCUT2D eigenvalue weighted by Gasteiger charge is 2.12. The van der Waals surface area contributed by atoms with Gasteiger partial charge in [-0.3, -0.25) is 0 Å². The number of fused-ring (bicyclic) bond motifs is 1. The Morgan fingerprint density at radius 1 is 1.10 bits per heavy atom. The summed E-state index contributed by atoms with van der Waals surface area (Å²) in [6, 6.07) is 15.6. The molecule has 0 aliphatic rings. The first kappa shape index (κ1) is 13.4. The third kappa shape index (κ3) is 2.80. The van der Waals surface area contributed by atoms with Gasteiger partial charge in [0, 0.05) is 10.4 Å². The number of rotatable bonds is 3. The Kier molecular flexibility index (Phi) is 3.46. The molecule has 0 radical (unpaired) electrons. The number of hydrogen-bond acceptors (Lipinski definition) is 3. The van der Waals surface area contributed by atoms with Gasteiger partial charge in [0.1, 0.15) is 5.75 Å². The summed E-state index contributed by atoms with van der Waals surface area (Å²) in [5.74, 6) is -0.297. The van der Waals surface area contributed by atoms with Gasteiger partial charge in [0.05, 0.1) is 0 Å². The summed E-state index contributed by atoms with van der Waals surface area (Å²) >= 11 is 5.83. The van der Waals surface area contributed by atoms with Gasteiger partial charge in [-0.2, -0.15) is 0 Å². The first-order valence-electron chi connectivity index (χ1n) is 6.20. The standard InChI is InChI=1S/C16H10ClNO3/c17-11-5-7-12(8-6-11)21-15-13-4-2-1-3-10(13)9-14(18-15)16(19)20/h1-9H,(H,19,20). The van der Waals surface area contributed by atoms with Crippen molar-refractivity contribution in [2.75, 3.05) is 0 Å². The molecule has 0 unspecified atom stereocenters. The highest BCUT2D eigenvalue weighted by Crippen LogP contribution is 2.29. The lowest BCUT2D eigenvalue weighted by molar-refractivity contribution is 0.0690. The number of nitrogens with zero attached hydrogens (tertiary/aromatic N) is 1. The van der Waals surface area contributed by atoms with Crippen LogP contribution in [0.5, 0.6) is 11.6 Å². The molecule has 3 aromatic rings. The molecule has 1 heterocycles. The van der Waals surface area contributed by atoms with Crippen molar-refractivity contribution in [3.63, 3.8) is 0 Å². The highest BCUT2D eigenvalue weighted by atomic mass is 35.5. The van der Waals surface area contributed by atoms with E-state index in [0.29, 0.717) is 10.8 Å². The van der Waals surface area contributed by atoms with Gasteiger partial charge >= 0.3 is 5.97 Å². The molecule has 1 aromatic heterocycles. The molecule has 0 saturated heterocycles. The third-order valence-corrected chi connectivity index (χ3v) is 3.20. The SMILES string of the molecule is O=C(O)c1cc2ccccc2c(Oc2ccc(Cl)cc2)n1. The van der Waals surface area contributed by atoms with Crippen molar-refractivity contribution in [3.05, 3.63) is 65.3 Å². The minimum atomic E-state index is -1.10. The van der Waals surface area contributed by atoms with E-state index in [-0.39, 0.29) is 11.6 Å². The van der Waals surface area contributed by atoms with E-state index in [9.17, 15) is 4.79 Å². The Bertz CT molecular complexity index is 815. The molecule has 0 atom stereocenters. The Labute approximate surface area is 125 Å². The average Bonchev–Trinajstić information content (AvgIpc) is 2.49. The summed E-state index contributed by atoms with van der Waals surface area (Å²) < 4.78 is 5.70. The first-order valence-corrected chi connectivity index (χ1v) is 6.58. The zero-order valence-corrected chi connectivity index (χ0v) is 11.5. The summed E-state index contributed by atoms with van der Waals surface area (Å²) in [4.78, 5) is 15.2. The number of aromatic carboxylic acids is 1. The lowest BCUT2D eigenvalue weighted by Crippen LogP contribution is -2.02. The van der Waals surface area contributed by atoms with Crippen LogP contribution >= 0.6 is 11.6 Å². The zero-order chi connectivity index (χ0) is 14.8. The summed E-state index contributed by atoms with van der Waals surface area (Å²) in [6.07, 6.45) is 0. The number of ether oxygens (including phenoxy) is 1. The Morgan fingerprint density at radius 2 is 1.81 bits per heavy atom. The first-order chi connectivity index (χ1) is 10.1. The highest BCUT2D eigenvalue weighted by molar-refractivity contribution is 6.30. The van der Waals surface area contributed by atoms with Crippen LogP contribution in [0.15, 0.2) is 54.6 Å². The van der Waals surface area contributed by atoms with Crippen molar-refractivity contribution in [2.45, 2.75) is 0 Å². The van der Waals surface area contributed by atoms with Crippen LogP contribution in [0.25, 0.3) is 10.8 Å². The second kappa shape index (κ2) is 5.42. The minimum absolute atomic E-state index is 0.0577. The molecule has 0 fully saturated rings. The molecular weight excluding hydrogens is 290 g/mol. The molecule has 0 amide bonds. The van der Waals surface area contributed by atoms with Crippen LogP contribution in [0.4, 0.5) is 0 Å². The summed E-state index contributed by atoms with van der Waals surface area (Å²) in [6.45, 7) is 0. The molecule has 0 aliphatic heterocycles. The maximum atomic E-state index is 11.2. The Hall–Kier alpha value is -2.59. The normalized spacial score (nSPS) is 10.5. The molecular formula is C16H10ClNO3. The molecule has 0 aliphatic carbocycles. The predicted molar refractivity (Wildman–Crippen MR) is 80.2 cm³/mol. The van der Waals surface area contributed by atoms with Crippen LogP contribution in [0, 0.1) is 0 Å².